The number of hydrogen-bond donors (Lipinski definition) is 1. The Kier molecular flexibility index (Phi) is 4.76. The minimum absolute atomic E-state index is 0.113. The number of fused-ring (bicyclic) bond motifs is 1. The molecular formula is C16H17ClN4O4S. The van der Waals surface area contributed by atoms with Gasteiger partial charge in [0.15, 0.2) is 5.52 Å². The average Bonchev–Trinajstić information content (AvgIpc) is 2.90. The molecule has 0 spiro atoms. The summed E-state index contributed by atoms with van der Waals surface area (Å²) in [6.45, 7) is 2.01. The van der Waals surface area contributed by atoms with E-state index in [0.717, 1.165) is 6.42 Å². The van der Waals surface area contributed by atoms with Crippen LogP contribution in [0.1, 0.15) is 19.0 Å². The zero-order valence-corrected chi connectivity index (χ0v) is 16.0. The van der Waals surface area contributed by atoms with Gasteiger partial charge in [0.05, 0.1) is 23.3 Å². The molecule has 0 radical (unpaired) electrons. The summed E-state index contributed by atoms with van der Waals surface area (Å²) in [5, 5.41) is 4.36. The fraction of sp³-hybridized carbons (Fsp3) is 0.312. The maximum atomic E-state index is 12.6. The smallest absolute Gasteiger partial charge is 0.277 e. The van der Waals surface area contributed by atoms with Gasteiger partial charge in [0.2, 0.25) is 0 Å². The van der Waals surface area contributed by atoms with E-state index in [1.165, 1.54) is 30.0 Å². The summed E-state index contributed by atoms with van der Waals surface area (Å²) in [7, 11) is 4.61. The van der Waals surface area contributed by atoms with E-state index in [-0.39, 0.29) is 16.3 Å². The number of methoxy groups -OCH3 is 1. The normalized spacial score (nSPS) is 11.8. The SMILES string of the molecule is CCCc1nn(C)c2c(=O)[nH]c(-c3cc(S(=O)(=O)Cl)ccc3OC)nc12. The lowest BCUT2D eigenvalue weighted by Crippen LogP contribution is -2.12. The van der Waals surface area contributed by atoms with Gasteiger partial charge in [0.1, 0.15) is 17.1 Å². The third-order valence-electron chi connectivity index (χ3n) is 3.96. The van der Waals surface area contributed by atoms with Gasteiger partial charge in [-0.2, -0.15) is 5.10 Å². The van der Waals surface area contributed by atoms with Crippen molar-refractivity contribution in [2.24, 2.45) is 7.05 Å². The first-order chi connectivity index (χ1) is 12.3. The second kappa shape index (κ2) is 6.73. The number of aromatic amines is 1. The van der Waals surface area contributed by atoms with Crippen LogP contribution in [0.25, 0.3) is 22.4 Å². The van der Waals surface area contributed by atoms with Crippen molar-refractivity contribution >= 4 is 30.8 Å². The largest absolute Gasteiger partial charge is 0.496 e. The van der Waals surface area contributed by atoms with Crippen LogP contribution >= 0.6 is 10.7 Å². The molecule has 0 aliphatic heterocycles. The van der Waals surface area contributed by atoms with Gasteiger partial charge in [-0.15, -0.1) is 0 Å². The van der Waals surface area contributed by atoms with E-state index in [1.807, 2.05) is 6.92 Å². The number of benzene rings is 1. The number of ether oxygens (including phenoxy) is 1. The monoisotopic (exact) mass is 396 g/mol. The van der Waals surface area contributed by atoms with Crippen LogP contribution in [0.15, 0.2) is 27.9 Å². The number of hydrogen-bond acceptors (Lipinski definition) is 6. The average molecular weight is 397 g/mol. The van der Waals surface area contributed by atoms with E-state index in [0.29, 0.717) is 34.5 Å². The third-order valence-corrected chi connectivity index (χ3v) is 5.31. The van der Waals surface area contributed by atoms with Crippen molar-refractivity contribution in [3.8, 4) is 17.1 Å². The number of nitrogens with zero attached hydrogens (tertiary/aromatic N) is 3. The van der Waals surface area contributed by atoms with Crippen molar-refractivity contribution in [2.45, 2.75) is 24.7 Å². The highest BCUT2D eigenvalue weighted by Gasteiger charge is 2.19. The summed E-state index contributed by atoms with van der Waals surface area (Å²) < 4.78 is 30.1. The summed E-state index contributed by atoms with van der Waals surface area (Å²) in [5.74, 6) is 0.546. The van der Waals surface area contributed by atoms with Gasteiger partial charge < -0.3 is 9.72 Å². The highest BCUT2D eigenvalue weighted by molar-refractivity contribution is 8.13. The Morgan fingerprint density at radius 2 is 2.08 bits per heavy atom. The number of halogens is 1. The van der Waals surface area contributed by atoms with Gasteiger partial charge in [-0.05, 0) is 24.6 Å². The van der Waals surface area contributed by atoms with E-state index >= 15 is 0 Å². The highest BCUT2D eigenvalue weighted by atomic mass is 35.7. The number of aryl methyl sites for hydroxylation is 2. The van der Waals surface area contributed by atoms with E-state index < -0.39 is 9.05 Å². The lowest BCUT2D eigenvalue weighted by molar-refractivity contribution is 0.416. The molecule has 0 saturated carbocycles. The van der Waals surface area contributed by atoms with Crippen molar-refractivity contribution in [3.05, 3.63) is 34.2 Å². The fourth-order valence-corrected chi connectivity index (χ4v) is 3.58. The Hall–Kier alpha value is -2.39. The molecule has 0 amide bonds. The van der Waals surface area contributed by atoms with E-state index in [4.69, 9.17) is 15.4 Å². The van der Waals surface area contributed by atoms with Gasteiger partial charge in [0, 0.05) is 17.7 Å². The molecule has 0 unspecified atom stereocenters. The van der Waals surface area contributed by atoms with Crippen LogP contribution in [0.2, 0.25) is 0 Å². The topological polar surface area (TPSA) is 107 Å². The molecule has 10 heteroatoms. The molecule has 0 saturated heterocycles. The van der Waals surface area contributed by atoms with Gasteiger partial charge in [-0.3, -0.25) is 9.48 Å². The lowest BCUT2D eigenvalue weighted by atomic mass is 10.1. The van der Waals surface area contributed by atoms with Crippen LogP contribution in [-0.4, -0.2) is 35.3 Å². The predicted octanol–water partition coefficient (Wildman–Crippen LogP) is 2.21. The number of rotatable bonds is 5. The van der Waals surface area contributed by atoms with E-state index in [2.05, 4.69) is 15.1 Å². The molecule has 0 aliphatic rings. The summed E-state index contributed by atoms with van der Waals surface area (Å²) in [6, 6.07) is 4.11. The van der Waals surface area contributed by atoms with Crippen LogP contribution in [0.4, 0.5) is 0 Å². The van der Waals surface area contributed by atoms with Crippen LogP contribution in [0, 0.1) is 0 Å². The molecule has 3 aromatic rings. The summed E-state index contributed by atoms with van der Waals surface area (Å²) in [6.07, 6.45) is 1.51. The number of aromatic nitrogens is 4. The molecule has 2 aromatic heterocycles. The summed E-state index contributed by atoms with van der Waals surface area (Å²) in [4.78, 5) is 19.6. The lowest BCUT2D eigenvalue weighted by Gasteiger charge is -2.09. The first-order valence-corrected chi connectivity index (χ1v) is 10.2. The molecule has 26 heavy (non-hydrogen) atoms. The Balaban J connectivity index is 2.32. The van der Waals surface area contributed by atoms with Crippen molar-refractivity contribution in [3.63, 3.8) is 0 Å². The third kappa shape index (κ3) is 3.19. The standard InChI is InChI=1S/C16H17ClN4O4S/c1-4-5-11-13-14(21(2)20-11)16(22)19-15(18-13)10-8-9(26(17,23)24)6-7-12(10)25-3/h6-8H,4-5H2,1-3H3,(H,18,19,22). The first kappa shape index (κ1) is 18.4. The van der Waals surface area contributed by atoms with Crippen molar-refractivity contribution in [1.29, 1.82) is 0 Å². The van der Waals surface area contributed by atoms with Crippen molar-refractivity contribution in [1.82, 2.24) is 19.7 Å². The van der Waals surface area contributed by atoms with Gasteiger partial charge >= 0.3 is 0 Å². The van der Waals surface area contributed by atoms with Crippen LogP contribution in [0.3, 0.4) is 0 Å². The zero-order valence-electron chi connectivity index (χ0n) is 14.4. The quantitative estimate of drug-likeness (QED) is 0.662. The number of nitrogens with one attached hydrogen (secondary N) is 1. The molecule has 0 atom stereocenters. The van der Waals surface area contributed by atoms with Gasteiger partial charge in [-0.1, -0.05) is 13.3 Å². The van der Waals surface area contributed by atoms with Crippen LogP contribution < -0.4 is 10.3 Å². The molecule has 2 heterocycles. The predicted molar refractivity (Wildman–Crippen MR) is 98.2 cm³/mol. The zero-order chi connectivity index (χ0) is 19.1. The summed E-state index contributed by atoms with van der Waals surface area (Å²) >= 11 is 0. The fourth-order valence-electron chi connectivity index (χ4n) is 2.80. The van der Waals surface area contributed by atoms with Gasteiger partial charge in [0.25, 0.3) is 14.6 Å². The highest BCUT2D eigenvalue weighted by Crippen LogP contribution is 2.31. The summed E-state index contributed by atoms with van der Waals surface area (Å²) in [5.41, 5.74) is 1.49. The molecule has 138 valence electrons. The molecule has 0 bridgehead atoms. The van der Waals surface area contributed by atoms with Crippen molar-refractivity contribution < 1.29 is 13.2 Å². The molecule has 0 aliphatic carbocycles. The van der Waals surface area contributed by atoms with E-state index in [9.17, 15) is 13.2 Å². The Morgan fingerprint density at radius 1 is 1.35 bits per heavy atom. The molecule has 1 aromatic carbocycles. The maximum absolute atomic E-state index is 12.6. The maximum Gasteiger partial charge on any atom is 0.277 e. The van der Waals surface area contributed by atoms with Crippen LogP contribution in [0.5, 0.6) is 5.75 Å². The molecule has 0 fully saturated rings. The number of H-pyrrole nitrogens is 1. The van der Waals surface area contributed by atoms with E-state index in [1.54, 1.807) is 7.05 Å². The molecular weight excluding hydrogens is 380 g/mol. The first-order valence-electron chi connectivity index (χ1n) is 7.85. The second-order valence-corrected chi connectivity index (χ2v) is 8.30. The molecule has 3 rings (SSSR count). The minimum Gasteiger partial charge on any atom is -0.496 e. The second-order valence-electron chi connectivity index (χ2n) is 5.73. The Morgan fingerprint density at radius 3 is 2.69 bits per heavy atom. The van der Waals surface area contributed by atoms with Crippen LogP contribution in [-0.2, 0) is 22.5 Å². The van der Waals surface area contributed by atoms with Gasteiger partial charge in [-0.25, -0.2) is 13.4 Å². The van der Waals surface area contributed by atoms with Crippen molar-refractivity contribution in [2.75, 3.05) is 7.11 Å². The molecule has 8 nitrogen and oxygen atoms in total. The Labute approximate surface area is 154 Å². The Bertz CT molecular complexity index is 1150. The molecule has 1 N–H and O–H groups in total. The minimum atomic E-state index is -3.94.